The molecule has 0 N–H and O–H groups in total. The Labute approximate surface area is 147 Å². The van der Waals surface area contributed by atoms with Crippen molar-refractivity contribution in [3.63, 3.8) is 0 Å². The molecule has 0 aliphatic rings. The van der Waals surface area contributed by atoms with Gasteiger partial charge in [0.1, 0.15) is 10.9 Å². The van der Waals surface area contributed by atoms with E-state index in [1.165, 1.54) is 22.2 Å². The molecule has 7 heteroatoms. The first-order valence-electron chi connectivity index (χ1n) is 7.43. The van der Waals surface area contributed by atoms with Crippen LogP contribution in [0.4, 0.5) is 0 Å². The number of aromatic nitrogens is 2. The molecular weight excluding hydrogens is 348 g/mol. The van der Waals surface area contributed by atoms with Crippen LogP contribution in [-0.2, 0) is 9.53 Å². The Hall–Kier alpha value is -2.18. The normalized spacial score (nSPS) is 12.3. The van der Waals surface area contributed by atoms with Crippen molar-refractivity contribution in [3.8, 4) is 11.1 Å². The van der Waals surface area contributed by atoms with Gasteiger partial charge >= 0.3 is 5.97 Å². The first-order valence-corrected chi connectivity index (χ1v) is 8.69. The monoisotopic (exact) mass is 362 g/mol. The van der Waals surface area contributed by atoms with Crippen molar-refractivity contribution >= 4 is 39.1 Å². The highest BCUT2D eigenvalue weighted by molar-refractivity contribution is 7.17. The second-order valence-electron chi connectivity index (χ2n) is 5.22. The van der Waals surface area contributed by atoms with E-state index in [9.17, 15) is 9.59 Å². The van der Waals surface area contributed by atoms with E-state index in [0.717, 1.165) is 11.1 Å². The highest BCUT2D eigenvalue weighted by atomic mass is 35.5. The predicted molar refractivity (Wildman–Crippen MR) is 95.7 cm³/mol. The number of fused-ring (bicyclic) bond motifs is 1. The molecule has 124 valence electrons. The highest BCUT2D eigenvalue weighted by Gasteiger charge is 2.21. The molecule has 2 aromatic heterocycles. The van der Waals surface area contributed by atoms with Gasteiger partial charge in [-0.2, -0.15) is 0 Å². The third-order valence-electron chi connectivity index (χ3n) is 3.72. The first-order chi connectivity index (χ1) is 11.5. The lowest BCUT2D eigenvalue weighted by molar-refractivity contribution is -0.146. The van der Waals surface area contributed by atoms with Crippen LogP contribution in [0.25, 0.3) is 21.3 Å². The van der Waals surface area contributed by atoms with Crippen LogP contribution in [-0.4, -0.2) is 22.1 Å². The summed E-state index contributed by atoms with van der Waals surface area (Å²) in [5, 5.41) is 3.02. The van der Waals surface area contributed by atoms with Crippen molar-refractivity contribution in [1.29, 1.82) is 0 Å². The van der Waals surface area contributed by atoms with Crippen molar-refractivity contribution in [2.45, 2.75) is 19.9 Å². The second kappa shape index (κ2) is 6.75. The summed E-state index contributed by atoms with van der Waals surface area (Å²) in [6, 6.07) is 6.53. The first kappa shape index (κ1) is 16.7. The molecule has 1 atom stereocenters. The molecule has 0 saturated carbocycles. The molecule has 3 rings (SSSR count). The van der Waals surface area contributed by atoms with Crippen molar-refractivity contribution < 1.29 is 9.53 Å². The fraction of sp³-hybridized carbons (Fsp3) is 0.235. The number of benzene rings is 1. The summed E-state index contributed by atoms with van der Waals surface area (Å²) in [4.78, 5) is 29.8. The minimum atomic E-state index is -0.729. The Morgan fingerprint density at radius 3 is 2.75 bits per heavy atom. The van der Waals surface area contributed by atoms with Gasteiger partial charge in [0, 0.05) is 16.0 Å². The molecule has 0 saturated heterocycles. The van der Waals surface area contributed by atoms with Gasteiger partial charge in [-0.05, 0) is 31.5 Å². The van der Waals surface area contributed by atoms with Crippen LogP contribution in [0.1, 0.15) is 19.9 Å². The average Bonchev–Trinajstić information content (AvgIpc) is 3.00. The number of carbonyl (C=O) groups is 1. The molecule has 24 heavy (non-hydrogen) atoms. The third-order valence-corrected chi connectivity index (χ3v) is 4.86. The highest BCUT2D eigenvalue weighted by Crippen LogP contribution is 2.31. The summed E-state index contributed by atoms with van der Waals surface area (Å²) in [6.45, 7) is 3.62. The maximum absolute atomic E-state index is 12.9. The second-order valence-corrected chi connectivity index (χ2v) is 6.52. The van der Waals surface area contributed by atoms with Gasteiger partial charge in [0.2, 0.25) is 0 Å². The quantitative estimate of drug-likeness (QED) is 0.660. The number of nitrogens with zero attached hydrogens (tertiary/aromatic N) is 2. The number of rotatable bonds is 4. The average molecular weight is 363 g/mol. The molecule has 2 heterocycles. The van der Waals surface area contributed by atoms with Crippen LogP contribution in [0.5, 0.6) is 0 Å². The lowest BCUT2D eigenvalue weighted by Gasteiger charge is -2.13. The van der Waals surface area contributed by atoms with E-state index in [-0.39, 0.29) is 12.2 Å². The van der Waals surface area contributed by atoms with Gasteiger partial charge in [0.05, 0.1) is 18.3 Å². The summed E-state index contributed by atoms with van der Waals surface area (Å²) >= 11 is 7.32. The summed E-state index contributed by atoms with van der Waals surface area (Å²) in [7, 11) is 0. The lowest BCUT2D eigenvalue weighted by atomic mass is 10.1. The minimum absolute atomic E-state index is 0.258. The van der Waals surface area contributed by atoms with Crippen LogP contribution in [0.3, 0.4) is 0 Å². The molecule has 0 bridgehead atoms. The number of hydrogen-bond donors (Lipinski definition) is 0. The van der Waals surface area contributed by atoms with E-state index in [2.05, 4.69) is 4.98 Å². The smallest absolute Gasteiger partial charge is 0.328 e. The molecule has 3 aromatic rings. The topological polar surface area (TPSA) is 61.2 Å². The van der Waals surface area contributed by atoms with Gasteiger partial charge in [-0.1, -0.05) is 23.7 Å². The van der Waals surface area contributed by atoms with Gasteiger partial charge in [-0.25, -0.2) is 9.78 Å². The zero-order valence-corrected chi connectivity index (χ0v) is 14.7. The zero-order chi connectivity index (χ0) is 17.3. The molecule has 0 aliphatic carbocycles. The number of thiophene rings is 1. The Morgan fingerprint density at radius 2 is 2.08 bits per heavy atom. The van der Waals surface area contributed by atoms with Gasteiger partial charge in [-0.3, -0.25) is 9.36 Å². The Morgan fingerprint density at radius 1 is 1.38 bits per heavy atom. The van der Waals surface area contributed by atoms with Crippen molar-refractivity contribution in [2.24, 2.45) is 0 Å². The van der Waals surface area contributed by atoms with E-state index >= 15 is 0 Å². The maximum Gasteiger partial charge on any atom is 0.328 e. The largest absolute Gasteiger partial charge is 0.464 e. The standard InChI is InChI=1S/C17H15ClN2O3S/c1-3-23-17(22)10(2)20-9-19-15-14(16(20)21)13(8-24-15)11-4-6-12(18)7-5-11/h4-10H,3H2,1-2H3/t10-/m0/s1. The van der Waals surface area contributed by atoms with E-state index in [4.69, 9.17) is 16.3 Å². The van der Waals surface area contributed by atoms with Crippen LogP contribution < -0.4 is 5.56 Å². The molecule has 0 unspecified atom stereocenters. The van der Waals surface area contributed by atoms with E-state index in [0.29, 0.717) is 15.2 Å². The Bertz CT molecular complexity index is 947. The lowest BCUT2D eigenvalue weighted by Crippen LogP contribution is -2.29. The minimum Gasteiger partial charge on any atom is -0.464 e. The molecule has 5 nitrogen and oxygen atoms in total. The number of ether oxygens (including phenoxy) is 1. The number of esters is 1. The maximum atomic E-state index is 12.9. The van der Waals surface area contributed by atoms with Crippen LogP contribution in [0.2, 0.25) is 5.02 Å². The van der Waals surface area contributed by atoms with Gasteiger partial charge < -0.3 is 4.74 Å². The number of carbonyl (C=O) groups excluding carboxylic acids is 1. The number of halogens is 1. The van der Waals surface area contributed by atoms with Crippen LogP contribution in [0, 0.1) is 0 Å². The van der Waals surface area contributed by atoms with Gasteiger partial charge in [0.25, 0.3) is 5.56 Å². The molecule has 1 aromatic carbocycles. The summed E-state index contributed by atoms with van der Waals surface area (Å²) in [6.07, 6.45) is 1.40. The summed E-state index contributed by atoms with van der Waals surface area (Å²) in [5.74, 6) is -0.455. The van der Waals surface area contributed by atoms with E-state index in [1.807, 2.05) is 17.5 Å². The molecule has 0 fully saturated rings. The Kier molecular flexibility index (Phi) is 4.69. The zero-order valence-electron chi connectivity index (χ0n) is 13.2. The van der Waals surface area contributed by atoms with E-state index in [1.54, 1.807) is 26.0 Å². The van der Waals surface area contributed by atoms with E-state index < -0.39 is 12.0 Å². The van der Waals surface area contributed by atoms with Gasteiger partial charge in [-0.15, -0.1) is 11.3 Å². The van der Waals surface area contributed by atoms with Crippen LogP contribution >= 0.6 is 22.9 Å². The molecule has 0 radical (unpaired) electrons. The fourth-order valence-electron chi connectivity index (χ4n) is 2.44. The SMILES string of the molecule is CCOC(=O)[C@H](C)n1cnc2scc(-c3ccc(Cl)cc3)c2c1=O. The predicted octanol–water partition coefficient (Wildman–Crippen LogP) is 3.90. The fourth-order valence-corrected chi connectivity index (χ4v) is 3.47. The van der Waals surface area contributed by atoms with Gasteiger partial charge in [0.15, 0.2) is 0 Å². The van der Waals surface area contributed by atoms with Crippen molar-refractivity contribution in [2.75, 3.05) is 6.61 Å². The molecule has 0 spiro atoms. The van der Waals surface area contributed by atoms with Crippen molar-refractivity contribution in [1.82, 2.24) is 9.55 Å². The summed E-state index contributed by atoms with van der Waals surface area (Å²) < 4.78 is 6.31. The van der Waals surface area contributed by atoms with Crippen molar-refractivity contribution in [3.05, 3.63) is 51.3 Å². The third kappa shape index (κ3) is 2.95. The van der Waals surface area contributed by atoms with Crippen LogP contribution in [0.15, 0.2) is 40.8 Å². The Balaban J connectivity index is 2.14. The molecular formula is C17H15ClN2O3S. The summed E-state index contributed by atoms with van der Waals surface area (Å²) in [5.41, 5.74) is 1.41. The number of hydrogen-bond acceptors (Lipinski definition) is 5. The molecule has 0 amide bonds. The molecule has 0 aliphatic heterocycles.